The van der Waals surface area contributed by atoms with E-state index in [1.165, 1.54) is 0 Å². The molecule has 1 amide bonds. The second-order valence-electron chi connectivity index (χ2n) is 5.43. The van der Waals surface area contributed by atoms with Crippen molar-refractivity contribution in [3.8, 4) is 0 Å². The van der Waals surface area contributed by atoms with Crippen LogP contribution in [0.5, 0.6) is 0 Å². The van der Waals surface area contributed by atoms with Crippen molar-refractivity contribution in [2.24, 2.45) is 0 Å². The molecule has 0 radical (unpaired) electrons. The predicted octanol–water partition coefficient (Wildman–Crippen LogP) is 2.43. The maximum absolute atomic E-state index is 12.4. The van der Waals surface area contributed by atoms with E-state index < -0.39 is 0 Å². The maximum Gasteiger partial charge on any atom is 0.270 e. The summed E-state index contributed by atoms with van der Waals surface area (Å²) in [6.07, 6.45) is 3.60. The first-order chi connectivity index (χ1) is 8.53. The van der Waals surface area contributed by atoms with Crippen LogP contribution in [0.15, 0.2) is 18.3 Å². The number of carbonyl (C=O) groups is 1. The van der Waals surface area contributed by atoms with E-state index in [4.69, 9.17) is 4.74 Å². The first-order valence-corrected chi connectivity index (χ1v) is 6.62. The van der Waals surface area contributed by atoms with Crippen LogP contribution in [0.2, 0.25) is 0 Å². The van der Waals surface area contributed by atoms with Crippen molar-refractivity contribution < 1.29 is 9.53 Å². The molecule has 1 fully saturated rings. The van der Waals surface area contributed by atoms with Gasteiger partial charge in [0.05, 0.1) is 5.60 Å². The number of ether oxygens (including phenoxy) is 1. The molecule has 1 N–H and O–H groups in total. The smallest absolute Gasteiger partial charge is 0.270 e. The quantitative estimate of drug-likeness (QED) is 0.895. The average molecular weight is 250 g/mol. The zero-order valence-corrected chi connectivity index (χ0v) is 11.4. The highest BCUT2D eigenvalue weighted by molar-refractivity contribution is 5.92. The molecular weight excluding hydrogens is 228 g/mol. The molecule has 4 nitrogen and oxygen atoms in total. The topological polar surface area (TPSA) is 45.3 Å². The van der Waals surface area contributed by atoms with E-state index in [1.54, 1.807) is 6.20 Å². The van der Waals surface area contributed by atoms with Gasteiger partial charge in [-0.2, -0.15) is 0 Å². The summed E-state index contributed by atoms with van der Waals surface area (Å²) < 4.78 is 5.71. The molecule has 100 valence electrons. The average Bonchev–Trinajstić information content (AvgIpc) is 2.82. The molecule has 1 aromatic rings. The van der Waals surface area contributed by atoms with Gasteiger partial charge in [-0.25, -0.2) is 0 Å². The molecule has 0 spiro atoms. The summed E-state index contributed by atoms with van der Waals surface area (Å²) in [5.41, 5.74) is 0.535. The third kappa shape index (κ3) is 2.75. The number of rotatable bonds is 3. The number of aromatic amines is 1. The van der Waals surface area contributed by atoms with Gasteiger partial charge in [-0.15, -0.1) is 0 Å². The van der Waals surface area contributed by atoms with Gasteiger partial charge in [-0.1, -0.05) is 0 Å². The molecule has 1 atom stereocenters. The third-order valence-corrected chi connectivity index (χ3v) is 3.54. The molecule has 1 aliphatic heterocycles. The van der Waals surface area contributed by atoms with Gasteiger partial charge in [0, 0.05) is 25.4 Å². The van der Waals surface area contributed by atoms with Crippen molar-refractivity contribution in [1.82, 2.24) is 9.88 Å². The van der Waals surface area contributed by atoms with Crippen LogP contribution >= 0.6 is 0 Å². The number of hydrogen-bond acceptors (Lipinski definition) is 2. The Kier molecular flexibility index (Phi) is 3.76. The summed E-state index contributed by atoms with van der Waals surface area (Å²) in [5, 5.41) is 0. The van der Waals surface area contributed by atoms with Gasteiger partial charge in [0.2, 0.25) is 0 Å². The molecule has 1 unspecified atom stereocenters. The van der Waals surface area contributed by atoms with E-state index in [0.29, 0.717) is 5.69 Å². The fraction of sp³-hybridized carbons (Fsp3) is 0.643. The molecule has 1 aliphatic rings. The summed E-state index contributed by atoms with van der Waals surface area (Å²) >= 11 is 0. The van der Waals surface area contributed by atoms with E-state index in [0.717, 1.165) is 26.0 Å². The first kappa shape index (κ1) is 13.1. The molecule has 4 heteroatoms. The number of amides is 1. The monoisotopic (exact) mass is 250 g/mol. The normalized spacial score (nSPS) is 22.7. The minimum atomic E-state index is -0.133. The lowest BCUT2D eigenvalue weighted by molar-refractivity contribution is -0.0777. The lowest BCUT2D eigenvalue weighted by Gasteiger charge is -2.40. The van der Waals surface area contributed by atoms with Crippen LogP contribution in [-0.2, 0) is 4.74 Å². The van der Waals surface area contributed by atoms with Crippen LogP contribution in [-0.4, -0.2) is 40.6 Å². The van der Waals surface area contributed by atoms with Crippen LogP contribution in [0.1, 0.15) is 44.1 Å². The predicted molar refractivity (Wildman–Crippen MR) is 70.6 cm³/mol. The molecule has 0 bridgehead atoms. The summed E-state index contributed by atoms with van der Waals surface area (Å²) in [4.78, 5) is 17.3. The lowest BCUT2D eigenvalue weighted by Crippen LogP contribution is -2.48. The van der Waals surface area contributed by atoms with Crippen molar-refractivity contribution in [2.75, 3.05) is 13.2 Å². The van der Waals surface area contributed by atoms with Gasteiger partial charge in [-0.3, -0.25) is 4.79 Å². The number of aromatic nitrogens is 1. The summed E-state index contributed by atoms with van der Waals surface area (Å²) in [5.74, 6) is 0.0881. The second-order valence-corrected chi connectivity index (χ2v) is 5.43. The molecule has 0 saturated carbocycles. The van der Waals surface area contributed by atoms with E-state index in [9.17, 15) is 4.79 Å². The molecule has 1 aromatic heterocycles. The summed E-state index contributed by atoms with van der Waals surface area (Å²) in [6, 6.07) is 3.96. The Balaban J connectivity index is 2.11. The second kappa shape index (κ2) is 5.14. The Morgan fingerprint density at radius 2 is 2.39 bits per heavy atom. The molecule has 0 aliphatic carbocycles. The van der Waals surface area contributed by atoms with Crippen LogP contribution in [0, 0.1) is 0 Å². The minimum Gasteiger partial charge on any atom is -0.375 e. The van der Waals surface area contributed by atoms with Crippen molar-refractivity contribution in [1.29, 1.82) is 0 Å². The Morgan fingerprint density at radius 1 is 1.61 bits per heavy atom. The van der Waals surface area contributed by atoms with Gasteiger partial charge in [0.1, 0.15) is 5.69 Å². The maximum atomic E-state index is 12.4. The molecule has 2 rings (SSSR count). The van der Waals surface area contributed by atoms with E-state index >= 15 is 0 Å². The standard InChI is InChI=1S/C14H22N2O2/c1-4-16(13(17)12-6-5-8-15-12)11-7-9-18-14(2,3)10-11/h5-6,8,11,15H,4,7,9-10H2,1-3H3. The van der Waals surface area contributed by atoms with Crippen LogP contribution in [0.3, 0.4) is 0 Å². The first-order valence-electron chi connectivity index (χ1n) is 6.62. The number of hydrogen-bond donors (Lipinski definition) is 1. The van der Waals surface area contributed by atoms with Crippen molar-refractivity contribution in [3.05, 3.63) is 24.0 Å². The highest BCUT2D eigenvalue weighted by Gasteiger charge is 2.34. The Morgan fingerprint density at radius 3 is 2.94 bits per heavy atom. The zero-order chi connectivity index (χ0) is 13.2. The number of carbonyl (C=O) groups excluding carboxylic acids is 1. The molecule has 2 heterocycles. The van der Waals surface area contributed by atoms with Crippen molar-refractivity contribution in [2.45, 2.75) is 45.3 Å². The third-order valence-electron chi connectivity index (χ3n) is 3.54. The Labute approximate surface area is 108 Å². The van der Waals surface area contributed by atoms with E-state index in [-0.39, 0.29) is 17.6 Å². The van der Waals surface area contributed by atoms with Crippen molar-refractivity contribution in [3.63, 3.8) is 0 Å². The van der Waals surface area contributed by atoms with Crippen LogP contribution in [0.25, 0.3) is 0 Å². The summed E-state index contributed by atoms with van der Waals surface area (Å²) in [6.45, 7) is 7.67. The molecule has 0 aromatic carbocycles. The highest BCUT2D eigenvalue weighted by Crippen LogP contribution is 2.28. The summed E-state index contributed by atoms with van der Waals surface area (Å²) in [7, 11) is 0. The number of nitrogens with zero attached hydrogens (tertiary/aromatic N) is 1. The van der Waals surface area contributed by atoms with Gasteiger partial charge in [-0.05, 0) is 45.7 Å². The molecule has 18 heavy (non-hydrogen) atoms. The minimum absolute atomic E-state index is 0.0881. The van der Waals surface area contributed by atoms with E-state index in [2.05, 4.69) is 18.8 Å². The van der Waals surface area contributed by atoms with Crippen molar-refractivity contribution >= 4 is 5.91 Å². The van der Waals surface area contributed by atoms with Gasteiger partial charge in [0.15, 0.2) is 0 Å². The van der Waals surface area contributed by atoms with Crippen LogP contribution in [0.4, 0.5) is 0 Å². The zero-order valence-electron chi connectivity index (χ0n) is 11.4. The fourth-order valence-corrected chi connectivity index (χ4v) is 2.65. The fourth-order valence-electron chi connectivity index (χ4n) is 2.65. The van der Waals surface area contributed by atoms with Gasteiger partial charge < -0.3 is 14.6 Å². The molecule has 1 saturated heterocycles. The highest BCUT2D eigenvalue weighted by atomic mass is 16.5. The molecular formula is C14H22N2O2. The number of nitrogens with one attached hydrogen (secondary N) is 1. The SMILES string of the molecule is CCN(C(=O)c1ccc[nH]1)C1CCOC(C)(C)C1. The Hall–Kier alpha value is -1.29. The lowest BCUT2D eigenvalue weighted by atomic mass is 9.92. The largest absolute Gasteiger partial charge is 0.375 e. The van der Waals surface area contributed by atoms with Gasteiger partial charge >= 0.3 is 0 Å². The van der Waals surface area contributed by atoms with Crippen LogP contribution < -0.4 is 0 Å². The van der Waals surface area contributed by atoms with E-state index in [1.807, 2.05) is 24.0 Å². The van der Waals surface area contributed by atoms with Gasteiger partial charge in [0.25, 0.3) is 5.91 Å². The number of H-pyrrole nitrogens is 1. The Bertz CT molecular complexity index is 398.